The molecule has 1 fully saturated rings. The van der Waals surface area contributed by atoms with Crippen LogP contribution in [0.2, 0.25) is 0 Å². The molecular formula is C17H28N4O4S. The van der Waals surface area contributed by atoms with Crippen molar-refractivity contribution in [2.45, 2.75) is 63.1 Å². The number of carbonyl (C=O) groups excluding carboxylic acids is 1. The van der Waals surface area contributed by atoms with E-state index in [9.17, 15) is 13.2 Å². The molecule has 3 atom stereocenters. The van der Waals surface area contributed by atoms with Crippen LogP contribution in [0.3, 0.4) is 0 Å². The quantitative estimate of drug-likeness (QED) is 0.761. The van der Waals surface area contributed by atoms with Crippen LogP contribution in [-0.2, 0) is 19.4 Å². The summed E-state index contributed by atoms with van der Waals surface area (Å²) in [7, 11) is -1.85. The van der Waals surface area contributed by atoms with Gasteiger partial charge in [0.15, 0.2) is 9.84 Å². The molecule has 1 saturated carbocycles. The van der Waals surface area contributed by atoms with Crippen molar-refractivity contribution >= 4 is 21.6 Å². The van der Waals surface area contributed by atoms with E-state index in [-0.39, 0.29) is 40.7 Å². The maximum absolute atomic E-state index is 12.3. The third-order valence-electron chi connectivity index (χ3n) is 4.49. The van der Waals surface area contributed by atoms with Crippen LogP contribution in [0.15, 0.2) is 11.1 Å². The minimum Gasteiger partial charge on any atom is -0.379 e. The number of nitrogens with one attached hydrogen (secondary N) is 2. The van der Waals surface area contributed by atoms with Gasteiger partial charge >= 0.3 is 0 Å². The van der Waals surface area contributed by atoms with E-state index in [0.29, 0.717) is 25.1 Å². The number of methoxy groups -OCH3 is 1. The van der Waals surface area contributed by atoms with Crippen molar-refractivity contribution in [3.05, 3.63) is 12.0 Å². The van der Waals surface area contributed by atoms with Crippen LogP contribution in [0.4, 0.5) is 5.82 Å². The lowest BCUT2D eigenvalue weighted by Crippen LogP contribution is -2.46. The standard InChI is InChI=1S/C17H28N4O4S/c1-10(2)19-17(22)12-6-7-13(14(8-12)25-4)21-16-15(26(5,23)24)9-18-11(3)20-16/h9-10,12-14H,6-8H2,1-5H3,(H,19,22)(H,18,20,21)/t12-,13+,14+/m0/s1. The maximum atomic E-state index is 12.3. The molecule has 2 rings (SSSR count). The fourth-order valence-corrected chi connectivity index (χ4v) is 3.90. The van der Waals surface area contributed by atoms with Gasteiger partial charge in [-0.05, 0) is 40.0 Å². The zero-order chi connectivity index (χ0) is 19.5. The second-order valence-corrected chi connectivity index (χ2v) is 9.08. The van der Waals surface area contributed by atoms with E-state index < -0.39 is 9.84 Å². The summed E-state index contributed by atoms with van der Waals surface area (Å²) >= 11 is 0. The molecule has 1 heterocycles. The highest BCUT2D eigenvalue weighted by Crippen LogP contribution is 2.30. The zero-order valence-corrected chi connectivity index (χ0v) is 16.8. The van der Waals surface area contributed by atoms with E-state index in [1.165, 1.54) is 6.20 Å². The number of anilines is 1. The Balaban J connectivity index is 2.16. The Kier molecular flexibility index (Phi) is 6.57. The lowest BCUT2D eigenvalue weighted by molar-refractivity contribution is -0.128. The van der Waals surface area contributed by atoms with Crippen molar-refractivity contribution in [1.82, 2.24) is 15.3 Å². The molecule has 0 aliphatic heterocycles. The Morgan fingerprint density at radius 2 is 2.04 bits per heavy atom. The first-order valence-electron chi connectivity index (χ1n) is 8.75. The molecule has 0 radical (unpaired) electrons. The monoisotopic (exact) mass is 384 g/mol. The highest BCUT2D eigenvalue weighted by molar-refractivity contribution is 7.90. The second-order valence-electron chi connectivity index (χ2n) is 7.10. The Morgan fingerprint density at radius 1 is 1.35 bits per heavy atom. The van der Waals surface area contributed by atoms with Gasteiger partial charge in [0.25, 0.3) is 0 Å². The number of aromatic nitrogens is 2. The molecule has 1 aliphatic rings. The topological polar surface area (TPSA) is 110 Å². The van der Waals surface area contributed by atoms with Crippen LogP contribution < -0.4 is 10.6 Å². The van der Waals surface area contributed by atoms with Gasteiger partial charge in [0, 0.05) is 25.3 Å². The van der Waals surface area contributed by atoms with Gasteiger partial charge in [0.1, 0.15) is 16.5 Å². The van der Waals surface area contributed by atoms with Crippen LogP contribution in [0, 0.1) is 12.8 Å². The van der Waals surface area contributed by atoms with Crippen LogP contribution in [0.5, 0.6) is 0 Å². The largest absolute Gasteiger partial charge is 0.379 e. The van der Waals surface area contributed by atoms with E-state index in [1.807, 2.05) is 13.8 Å². The van der Waals surface area contributed by atoms with E-state index >= 15 is 0 Å². The minimum atomic E-state index is -3.46. The maximum Gasteiger partial charge on any atom is 0.223 e. The normalized spacial score (nSPS) is 23.7. The third kappa shape index (κ3) is 5.14. The van der Waals surface area contributed by atoms with Crippen molar-refractivity contribution in [2.24, 2.45) is 5.92 Å². The molecule has 26 heavy (non-hydrogen) atoms. The molecular weight excluding hydrogens is 356 g/mol. The predicted molar refractivity (Wildman–Crippen MR) is 98.7 cm³/mol. The van der Waals surface area contributed by atoms with Gasteiger partial charge < -0.3 is 15.4 Å². The van der Waals surface area contributed by atoms with Gasteiger partial charge in [-0.1, -0.05) is 0 Å². The molecule has 1 aliphatic carbocycles. The molecule has 1 aromatic rings. The molecule has 0 bridgehead atoms. The molecule has 0 unspecified atom stereocenters. The summed E-state index contributed by atoms with van der Waals surface area (Å²) < 4.78 is 29.6. The SMILES string of the molecule is CO[C@@H]1C[C@@H](C(=O)NC(C)C)CC[C@H]1Nc1nc(C)ncc1S(C)(=O)=O. The molecule has 1 aromatic heterocycles. The fourth-order valence-electron chi connectivity index (χ4n) is 3.20. The van der Waals surface area contributed by atoms with Gasteiger partial charge in [-0.3, -0.25) is 4.79 Å². The van der Waals surface area contributed by atoms with Crippen molar-refractivity contribution in [1.29, 1.82) is 0 Å². The minimum absolute atomic E-state index is 0.0372. The average Bonchev–Trinajstić information content (AvgIpc) is 2.53. The number of ether oxygens (including phenoxy) is 1. The van der Waals surface area contributed by atoms with Gasteiger partial charge in [-0.2, -0.15) is 0 Å². The van der Waals surface area contributed by atoms with Gasteiger partial charge in [0.05, 0.1) is 18.3 Å². The molecule has 0 saturated heterocycles. The molecule has 9 heteroatoms. The summed E-state index contributed by atoms with van der Waals surface area (Å²) in [6.07, 6.45) is 4.20. The third-order valence-corrected chi connectivity index (χ3v) is 5.59. The van der Waals surface area contributed by atoms with Crippen molar-refractivity contribution in [3.8, 4) is 0 Å². The van der Waals surface area contributed by atoms with Crippen molar-refractivity contribution < 1.29 is 17.9 Å². The number of hydrogen-bond acceptors (Lipinski definition) is 7. The first-order chi connectivity index (χ1) is 12.1. The lowest BCUT2D eigenvalue weighted by Gasteiger charge is -2.35. The predicted octanol–water partition coefficient (Wildman–Crippen LogP) is 1.31. The smallest absolute Gasteiger partial charge is 0.223 e. The summed E-state index contributed by atoms with van der Waals surface area (Å²) in [5.41, 5.74) is 0. The molecule has 8 nitrogen and oxygen atoms in total. The van der Waals surface area contributed by atoms with Crippen LogP contribution in [0.1, 0.15) is 38.9 Å². The summed E-state index contributed by atoms with van der Waals surface area (Å²) in [6, 6.07) is -0.0291. The Morgan fingerprint density at radius 3 is 2.62 bits per heavy atom. The molecule has 0 spiro atoms. The number of nitrogens with zero attached hydrogens (tertiary/aromatic N) is 2. The summed E-state index contributed by atoms with van der Waals surface area (Å²) in [6.45, 7) is 5.57. The summed E-state index contributed by atoms with van der Waals surface area (Å²) in [5.74, 6) is 0.702. The molecule has 0 aromatic carbocycles. The van der Waals surface area contributed by atoms with Crippen molar-refractivity contribution in [3.63, 3.8) is 0 Å². The second kappa shape index (κ2) is 8.30. The Hall–Kier alpha value is -1.74. The van der Waals surface area contributed by atoms with Gasteiger partial charge in [-0.25, -0.2) is 18.4 Å². The van der Waals surface area contributed by atoms with Gasteiger partial charge in [0.2, 0.25) is 5.91 Å². The first-order valence-corrected chi connectivity index (χ1v) is 10.6. The molecule has 146 valence electrons. The van der Waals surface area contributed by atoms with Crippen LogP contribution >= 0.6 is 0 Å². The van der Waals surface area contributed by atoms with E-state index in [1.54, 1.807) is 14.0 Å². The first kappa shape index (κ1) is 20.6. The fraction of sp³-hybridized carbons (Fsp3) is 0.706. The number of sulfone groups is 1. The molecule has 1 amide bonds. The van der Waals surface area contributed by atoms with E-state index in [4.69, 9.17) is 4.74 Å². The summed E-state index contributed by atoms with van der Waals surface area (Å²) in [5, 5.41) is 6.15. The lowest BCUT2D eigenvalue weighted by atomic mass is 9.83. The van der Waals surface area contributed by atoms with Crippen molar-refractivity contribution in [2.75, 3.05) is 18.7 Å². The number of aryl methyl sites for hydroxylation is 1. The highest BCUT2D eigenvalue weighted by Gasteiger charge is 2.35. The zero-order valence-electron chi connectivity index (χ0n) is 15.9. The number of hydrogen-bond donors (Lipinski definition) is 2. The highest BCUT2D eigenvalue weighted by atomic mass is 32.2. The number of rotatable bonds is 6. The number of carbonyl (C=O) groups is 1. The van der Waals surface area contributed by atoms with Gasteiger partial charge in [-0.15, -0.1) is 0 Å². The summed E-state index contributed by atoms with van der Waals surface area (Å²) in [4.78, 5) is 20.6. The Bertz CT molecular complexity index is 751. The number of amides is 1. The van der Waals surface area contributed by atoms with E-state index in [2.05, 4.69) is 20.6 Å². The Labute approximate surface area is 155 Å². The van der Waals surface area contributed by atoms with E-state index in [0.717, 1.165) is 6.26 Å². The van der Waals surface area contributed by atoms with Crippen LogP contribution in [-0.4, -0.2) is 55.8 Å². The average molecular weight is 385 g/mol. The van der Waals surface area contributed by atoms with Crippen LogP contribution in [0.25, 0.3) is 0 Å². The molecule has 2 N–H and O–H groups in total.